The van der Waals surface area contributed by atoms with Gasteiger partial charge in [0.1, 0.15) is 10.0 Å². The molecule has 0 bridgehead atoms. The first-order valence-corrected chi connectivity index (χ1v) is 11.5. The fraction of sp³-hybridized carbons (Fsp3) is 0.368. The van der Waals surface area contributed by atoms with Crippen molar-refractivity contribution < 1.29 is 32.2 Å². The van der Waals surface area contributed by atoms with Crippen LogP contribution in [0, 0.1) is 10.6 Å². The van der Waals surface area contributed by atoms with E-state index in [9.17, 15) is 18.4 Å². The van der Waals surface area contributed by atoms with E-state index in [1.165, 1.54) is 13.2 Å². The quantitative estimate of drug-likeness (QED) is 0.380. The maximum absolute atomic E-state index is 13.1. The van der Waals surface area contributed by atoms with Crippen LogP contribution in [0.5, 0.6) is 17.2 Å². The van der Waals surface area contributed by atoms with E-state index < -0.39 is 15.3 Å². The largest absolute Gasteiger partial charge is 0.619 e. The molecule has 0 atom stereocenters. The number of sulfone groups is 1. The molecule has 1 aromatic carbocycles. The molecule has 3 heterocycles. The van der Waals surface area contributed by atoms with Crippen molar-refractivity contribution in [3.8, 4) is 17.2 Å². The van der Waals surface area contributed by atoms with Gasteiger partial charge in [-0.2, -0.15) is 4.73 Å². The van der Waals surface area contributed by atoms with Crippen LogP contribution in [0.1, 0.15) is 15.9 Å². The number of rotatable bonds is 4. The predicted octanol–water partition coefficient (Wildman–Crippen LogP) is 2.25. The molecule has 1 fully saturated rings. The second kappa shape index (κ2) is 7.47. The Morgan fingerprint density at radius 2 is 1.77 bits per heavy atom. The summed E-state index contributed by atoms with van der Waals surface area (Å²) in [5, 5.41) is 11.6. The Morgan fingerprint density at radius 3 is 2.33 bits per heavy atom. The third kappa shape index (κ3) is 3.77. The minimum Gasteiger partial charge on any atom is -0.619 e. The molecule has 30 heavy (non-hydrogen) atoms. The molecule has 2 aliphatic rings. The summed E-state index contributed by atoms with van der Waals surface area (Å²) in [5.74, 6) is 0.356. The van der Waals surface area contributed by atoms with E-state index in [4.69, 9.17) is 37.4 Å². The number of ether oxygens (including phenoxy) is 3. The van der Waals surface area contributed by atoms with E-state index in [1.54, 1.807) is 6.07 Å². The smallest absolute Gasteiger partial charge is 0.204 e. The molecule has 0 unspecified atom stereocenters. The fourth-order valence-corrected chi connectivity index (χ4v) is 6.40. The number of hydrogen-bond acceptors (Lipinski definition) is 7. The standard InChI is InChI=1S/C19H17Cl2NO7S/c1-27-16-3-2-11(15(23)4-12-13(20)5-22(24)6-14(12)21)17-18(16)29-8-19(7-28-17)9-30(25,26)10-19/h2-3,5-6H,4,7-10H2,1H3. The number of Topliss-reactive ketones (excluding diaryl/α,β-unsaturated/α-hetero) is 1. The number of pyridine rings is 1. The number of carbonyl (C=O) groups is 1. The van der Waals surface area contributed by atoms with Gasteiger partial charge in [0.2, 0.25) is 5.75 Å². The van der Waals surface area contributed by atoms with E-state index in [2.05, 4.69) is 0 Å². The maximum atomic E-state index is 13.1. The highest BCUT2D eigenvalue weighted by Gasteiger charge is 2.51. The lowest BCUT2D eigenvalue weighted by Crippen LogP contribution is -2.55. The van der Waals surface area contributed by atoms with E-state index in [0.717, 1.165) is 12.4 Å². The van der Waals surface area contributed by atoms with Crippen molar-refractivity contribution in [1.29, 1.82) is 0 Å². The molecule has 2 aliphatic heterocycles. The predicted molar refractivity (Wildman–Crippen MR) is 109 cm³/mol. The second-order valence-corrected chi connectivity index (χ2v) is 10.4. The summed E-state index contributed by atoms with van der Waals surface area (Å²) in [6.45, 7) is 0.225. The first kappa shape index (κ1) is 21.0. The number of fused-ring (bicyclic) bond motifs is 1. The van der Waals surface area contributed by atoms with Gasteiger partial charge >= 0.3 is 0 Å². The summed E-state index contributed by atoms with van der Waals surface area (Å²) < 4.78 is 40.9. The van der Waals surface area contributed by atoms with Crippen molar-refractivity contribution in [3.05, 3.63) is 50.9 Å². The molecular weight excluding hydrogens is 457 g/mol. The number of aromatic nitrogens is 1. The van der Waals surface area contributed by atoms with Gasteiger partial charge in [-0.3, -0.25) is 4.79 Å². The summed E-state index contributed by atoms with van der Waals surface area (Å²) in [4.78, 5) is 13.1. The summed E-state index contributed by atoms with van der Waals surface area (Å²) in [6, 6.07) is 3.11. The van der Waals surface area contributed by atoms with Crippen LogP contribution in [0.2, 0.25) is 10.0 Å². The Hall–Kier alpha value is -2.23. The highest BCUT2D eigenvalue weighted by molar-refractivity contribution is 7.92. The van der Waals surface area contributed by atoms with E-state index in [-0.39, 0.29) is 64.0 Å². The molecule has 160 valence electrons. The lowest BCUT2D eigenvalue weighted by Gasteiger charge is -2.38. The summed E-state index contributed by atoms with van der Waals surface area (Å²) in [5.41, 5.74) is -0.121. The number of methoxy groups -OCH3 is 1. The Morgan fingerprint density at radius 1 is 1.17 bits per heavy atom. The van der Waals surface area contributed by atoms with Crippen LogP contribution < -0.4 is 18.9 Å². The number of halogens is 2. The Labute approximate surface area is 182 Å². The maximum Gasteiger partial charge on any atom is 0.204 e. The number of nitrogens with zero attached hydrogens (tertiary/aromatic N) is 1. The summed E-state index contributed by atoms with van der Waals surface area (Å²) >= 11 is 12.2. The average Bonchev–Trinajstić information content (AvgIpc) is 2.83. The van der Waals surface area contributed by atoms with Crippen molar-refractivity contribution in [1.82, 2.24) is 0 Å². The zero-order valence-corrected chi connectivity index (χ0v) is 18.1. The zero-order valence-electron chi connectivity index (χ0n) is 15.8. The molecule has 1 spiro atoms. The molecule has 1 aromatic heterocycles. The van der Waals surface area contributed by atoms with E-state index in [0.29, 0.717) is 16.0 Å². The molecule has 0 N–H and O–H groups in total. The van der Waals surface area contributed by atoms with Crippen LogP contribution in [0.3, 0.4) is 0 Å². The lowest BCUT2D eigenvalue weighted by molar-refractivity contribution is -0.605. The molecule has 8 nitrogen and oxygen atoms in total. The van der Waals surface area contributed by atoms with Gasteiger partial charge in [-0.25, -0.2) is 8.42 Å². The topological polar surface area (TPSA) is 106 Å². The molecule has 11 heteroatoms. The van der Waals surface area contributed by atoms with Crippen molar-refractivity contribution >= 4 is 38.8 Å². The molecule has 4 rings (SSSR count). The van der Waals surface area contributed by atoms with Crippen molar-refractivity contribution in [3.63, 3.8) is 0 Å². The van der Waals surface area contributed by atoms with Crippen LogP contribution in [0.15, 0.2) is 24.5 Å². The van der Waals surface area contributed by atoms with Crippen LogP contribution in [0.25, 0.3) is 0 Å². The van der Waals surface area contributed by atoms with Crippen molar-refractivity contribution in [2.24, 2.45) is 5.41 Å². The lowest BCUT2D eigenvalue weighted by atomic mass is 9.94. The van der Waals surface area contributed by atoms with Crippen LogP contribution in [-0.2, 0) is 16.3 Å². The fourth-order valence-electron chi connectivity index (χ4n) is 3.71. The van der Waals surface area contributed by atoms with Gasteiger partial charge in [0.05, 0.1) is 42.8 Å². The van der Waals surface area contributed by atoms with Crippen molar-refractivity contribution in [2.75, 3.05) is 31.8 Å². The van der Waals surface area contributed by atoms with Gasteiger partial charge in [0.25, 0.3) is 0 Å². The Bertz CT molecular complexity index is 1110. The second-order valence-electron chi connectivity index (χ2n) is 7.48. The van der Waals surface area contributed by atoms with Gasteiger partial charge in [-0.1, -0.05) is 23.2 Å². The third-order valence-corrected chi connectivity index (χ3v) is 7.84. The van der Waals surface area contributed by atoms with E-state index in [1.807, 2.05) is 0 Å². The molecule has 2 aromatic rings. The molecule has 1 saturated heterocycles. The first-order valence-electron chi connectivity index (χ1n) is 8.90. The minimum atomic E-state index is -3.10. The van der Waals surface area contributed by atoms with Crippen LogP contribution >= 0.6 is 23.2 Å². The monoisotopic (exact) mass is 473 g/mol. The van der Waals surface area contributed by atoms with E-state index >= 15 is 0 Å². The Balaban J connectivity index is 1.67. The highest BCUT2D eigenvalue weighted by atomic mass is 35.5. The molecule has 0 radical (unpaired) electrons. The summed E-state index contributed by atoms with van der Waals surface area (Å²) in [6.07, 6.45) is 2.07. The normalized spacial score (nSPS) is 18.4. The van der Waals surface area contributed by atoms with Gasteiger partial charge in [0, 0.05) is 12.0 Å². The van der Waals surface area contributed by atoms with Gasteiger partial charge in [-0.05, 0) is 12.1 Å². The number of ketones is 1. The van der Waals surface area contributed by atoms with Gasteiger partial charge in [-0.15, -0.1) is 0 Å². The molecule has 0 amide bonds. The Kier molecular flexibility index (Phi) is 5.24. The van der Waals surface area contributed by atoms with Gasteiger partial charge < -0.3 is 19.4 Å². The zero-order chi connectivity index (χ0) is 21.7. The van der Waals surface area contributed by atoms with Crippen molar-refractivity contribution in [2.45, 2.75) is 6.42 Å². The van der Waals surface area contributed by atoms with Gasteiger partial charge in [0.15, 0.2) is 39.5 Å². The third-order valence-electron chi connectivity index (χ3n) is 5.09. The molecule has 0 aliphatic carbocycles. The number of hydrogen-bond donors (Lipinski definition) is 0. The minimum absolute atomic E-state index is 0.0377. The van der Waals surface area contributed by atoms with Crippen LogP contribution in [0.4, 0.5) is 0 Å². The number of benzene rings is 1. The highest BCUT2D eigenvalue weighted by Crippen LogP contribution is 2.46. The van der Waals surface area contributed by atoms with Crippen LogP contribution in [-0.4, -0.2) is 46.0 Å². The molecular formula is C19H17Cl2NO7S. The SMILES string of the molecule is COc1ccc(C(=O)Cc2c(Cl)c[n+]([O-])cc2Cl)c2c1OCC1(CO2)CS(=O)(=O)C1. The average molecular weight is 474 g/mol. The summed E-state index contributed by atoms with van der Waals surface area (Å²) in [7, 11) is -1.65. The molecule has 0 saturated carbocycles. The first-order chi connectivity index (χ1) is 14.1. The number of carbonyl (C=O) groups excluding carboxylic acids is 1.